The maximum atomic E-state index is 11.0. The zero-order valence-corrected chi connectivity index (χ0v) is 8.65. The lowest BCUT2D eigenvalue weighted by Crippen LogP contribution is -2.37. The van der Waals surface area contributed by atoms with Gasteiger partial charge in [0.15, 0.2) is 0 Å². The molecule has 0 heterocycles. The molecule has 2 N–H and O–H groups in total. The van der Waals surface area contributed by atoms with Crippen molar-refractivity contribution >= 4 is 16.8 Å². The van der Waals surface area contributed by atoms with Gasteiger partial charge in [0.2, 0.25) is 0 Å². The van der Waals surface area contributed by atoms with Crippen molar-refractivity contribution in [2.75, 3.05) is 18.6 Å². The monoisotopic (exact) mass is 204 g/mol. The Bertz CT molecular complexity index is 204. The average molecular weight is 204 g/mol. The van der Waals surface area contributed by atoms with Crippen LogP contribution in [0.4, 0.5) is 4.79 Å². The largest absolute Gasteiger partial charge is 0.338 e. The summed E-state index contributed by atoms with van der Waals surface area (Å²) in [6, 6.07) is 0.310. The highest BCUT2D eigenvalue weighted by Crippen LogP contribution is 2.18. The number of rotatable bonds is 5. The second-order valence-corrected chi connectivity index (χ2v) is 4.86. The molecule has 1 rings (SSSR count). The van der Waals surface area contributed by atoms with Gasteiger partial charge < -0.3 is 10.6 Å². The van der Waals surface area contributed by atoms with Gasteiger partial charge in [-0.15, -0.1) is 0 Å². The van der Waals surface area contributed by atoms with Crippen molar-refractivity contribution in [1.29, 1.82) is 0 Å². The zero-order valence-electron chi connectivity index (χ0n) is 7.84. The number of carbonyl (C=O) groups is 1. The fourth-order valence-electron chi connectivity index (χ4n) is 0.941. The summed E-state index contributed by atoms with van der Waals surface area (Å²) in [5.41, 5.74) is 0. The average Bonchev–Trinajstić information content (AvgIpc) is 2.81. The molecule has 4 nitrogen and oxygen atoms in total. The molecule has 13 heavy (non-hydrogen) atoms. The van der Waals surface area contributed by atoms with Gasteiger partial charge in [-0.3, -0.25) is 4.21 Å². The first kappa shape index (κ1) is 10.5. The Labute approximate surface area is 80.9 Å². The number of nitrogens with one attached hydrogen (secondary N) is 2. The third-order valence-electron chi connectivity index (χ3n) is 1.81. The summed E-state index contributed by atoms with van der Waals surface area (Å²) in [5.74, 6) is 0.656. The van der Waals surface area contributed by atoms with E-state index in [1.807, 2.05) is 0 Å². The molecule has 1 aliphatic rings. The maximum absolute atomic E-state index is 11.0. The smallest absolute Gasteiger partial charge is 0.315 e. The van der Waals surface area contributed by atoms with Crippen LogP contribution in [0.5, 0.6) is 0 Å². The van der Waals surface area contributed by atoms with E-state index in [0.717, 1.165) is 19.3 Å². The molecule has 0 spiro atoms. The lowest BCUT2D eigenvalue weighted by molar-refractivity contribution is 0.240. The standard InChI is InChI=1S/C8H16N2O2S/c1-13(12)6-2-5-9-8(11)10-7-3-4-7/h7H,2-6H2,1H3,(H2,9,10,11). The Kier molecular flexibility index (Phi) is 4.21. The number of carbonyl (C=O) groups excluding carboxylic acids is 1. The number of urea groups is 1. The van der Waals surface area contributed by atoms with Crippen LogP contribution in [0.25, 0.3) is 0 Å². The van der Waals surface area contributed by atoms with E-state index >= 15 is 0 Å². The highest BCUT2D eigenvalue weighted by atomic mass is 32.2. The van der Waals surface area contributed by atoms with Crippen LogP contribution < -0.4 is 10.6 Å². The van der Waals surface area contributed by atoms with Crippen molar-refractivity contribution in [1.82, 2.24) is 10.6 Å². The van der Waals surface area contributed by atoms with Gasteiger partial charge in [0.05, 0.1) is 0 Å². The van der Waals surface area contributed by atoms with Gasteiger partial charge in [0, 0.05) is 35.4 Å². The highest BCUT2D eigenvalue weighted by molar-refractivity contribution is 7.84. The van der Waals surface area contributed by atoms with E-state index in [4.69, 9.17) is 0 Å². The van der Waals surface area contributed by atoms with Crippen LogP contribution in [0.2, 0.25) is 0 Å². The third kappa shape index (κ3) is 5.63. The van der Waals surface area contributed by atoms with Crippen molar-refractivity contribution in [3.8, 4) is 0 Å². The van der Waals surface area contributed by atoms with Crippen LogP contribution >= 0.6 is 0 Å². The topological polar surface area (TPSA) is 58.2 Å². The number of hydrogen-bond acceptors (Lipinski definition) is 2. The van der Waals surface area contributed by atoms with E-state index in [1.54, 1.807) is 6.26 Å². The van der Waals surface area contributed by atoms with Crippen LogP contribution in [0.1, 0.15) is 19.3 Å². The molecule has 1 atom stereocenters. The molecule has 0 aromatic rings. The Hall–Kier alpha value is -0.580. The van der Waals surface area contributed by atoms with Gasteiger partial charge in [0.25, 0.3) is 0 Å². The third-order valence-corrected chi connectivity index (χ3v) is 2.67. The van der Waals surface area contributed by atoms with E-state index in [2.05, 4.69) is 10.6 Å². The Morgan fingerprint density at radius 1 is 1.54 bits per heavy atom. The molecule has 0 radical (unpaired) electrons. The summed E-state index contributed by atoms with van der Waals surface area (Å²) >= 11 is 0. The molecule has 0 bridgehead atoms. The molecule has 5 heteroatoms. The summed E-state index contributed by atoms with van der Waals surface area (Å²) in [4.78, 5) is 11.0. The van der Waals surface area contributed by atoms with Crippen molar-refractivity contribution in [3.05, 3.63) is 0 Å². The Morgan fingerprint density at radius 2 is 2.23 bits per heavy atom. The normalized spacial score (nSPS) is 17.9. The van der Waals surface area contributed by atoms with Crippen LogP contribution in [0.3, 0.4) is 0 Å². The van der Waals surface area contributed by atoms with E-state index in [-0.39, 0.29) is 6.03 Å². The summed E-state index contributed by atoms with van der Waals surface area (Å²) in [6.07, 6.45) is 4.66. The molecule has 76 valence electrons. The van der Waals surface area contributed by atoms with E-state index in [9.17, 15) is 9.00 Å². The summed E-state index contributed by atoms with van der Waals surface area (Å²) in [6.45, 7) is 0.609. The van der Waals surface area contributed by atoms with Crippen LogP contribution in [-0.2, 0) is 10.8 Å². The lowest BCUT2D eigenvalue weighted by atomic mass is 10.5. The molecule has 0 saturated heterocycles. The van der Waals surface area contributed by atoms with E-state index in [0.29, 0.717) is 18.3 Å². The lowest BCUT2D eigenvalue weighted by Gasteiger charge is -2.05. The molecular formula is C8H16N2O2S. The fourth-order valence-corrected chi connectivity index (χ4v) is 1.49. The van der Waals surface area contributed by atoms with Crippen molar-refractivity contribution in [2.45, 2.75) is 25.3 Å². The molecule has 0 aromatic carbocycles. The van der Waals surface area contributed by atoms with Gasteiger partial charge >= 0.3 is 6.03 Å². The minimum absolute atomic E-state index is 0.0932. The van der Waals surface area contributed by atoms with Crippen LogP contribution in [0, 0.1) is 0 Å². The zero-order chi connectivity index (χ0) is 9.68. The minimum atomic E-state index is -0.750. The SMILES string of the molecule is CS(=O)CCCNC(=O)NC1CC1. The van der Waals surface area contributed by atoms with Gasteiger partial charge in [-0.1, -0.05) is 0 Å². The second kappa shape index (κ2) is 5.21. The Morgan fingerprint density at radius 3 is 2.77 bits per heavy atom. The molecule has 1 saturated carbocycles. The van der Waals surface area contributed by atoms with Gasteiger partial charge in [-0.25, -0.2) is 4.79 Å². The molecule has 1 aliphatic carbocycles. The summed E-state index contributed by atoms with van der Waals surface area (Å²) in [5, 5.41) is 5.54. The molecular weight excluding hydrogens is 188 g/mol. The molecule has 2 amide bonds. The van der Waals surface area contributed by atoms with Crippen molar-refractivity contribution in [2.24, 2.45) is 0 Å². The van der Waals surface area contributed by atoms with Gasteiger partial charge in [0.1, 0.15) is 0 Å². The first-order valence-corrected chi connectivity index (χ1v) is 6.25. The quantitative estimate of drug-likeness (QED) is 0.629. The predicted molar refractivity (Wildman–Crippen MR) is 53.1 cm³/mol. The first-order valence-electron chi connectivity index (χ1n) is 4.53. The molecule has 1 fully saturated rings. The van der Waals surface area contributed by atoms with E-state index in [1.165, 1.54) is 0 Å². The van der Waals surface area contributed by atoms with Gasteiger partial charge in [-0.05, 0) is 19.3 Å². The number of hydrogen-bond donors (Lipinski definition) is 2. The van der Waals surface area contributed by atoms with Crippen molar-refractivity contribution in [3.63, 3.8) is 0 Å². The maximum Gasteiger partial charge on any atom is 0.315 e. The summed E-state index contributed by atoms with van der Waals surface area (Å²) < 4.78 is 10.7. The molecule has 1 unspecified atom stereocenters. The van der Waals surface area contributed by atoms with Crippen LogP contribution in [-0.4, -0.2) is 34.8 Å². The fraction of sp³-hybridized carbons (Fsp3) is 0.875. The van der Waals surface area contributed by atoms with E-state index < -0.39 is 10.8 Å². The Balaban J connectivity index is 1.91. The summed E-state index contributed by atoms with van der Waals surface area (Å²) in [7, 11) is -0.750. The minimum Gasteiger partial charge on any atom is -0.338 e. The predicted octanol–water partition coefficient (Wildman–Crippen LogP) is 0.217. The molecule has 0 aliphatic heterocycles. The van der Waals surface area contributed by atoms with Crippen LogP contribution in [0.15, 0.2) is 0 Å². The second-order valence-electron chi connectivity index (χ2n) is 3.31. The first-order chi connectivity index (χ1) is 6.18. The van der Waals surface area contributed by atoms with Gasteiger partial charge in [-0.2, -0.15) is 0 Å². The number of amides is 2. The molecule has 0 aromatic heterocycles. The highest BCUT2D eigenvalue weighted by Gasteiger charge is 2.22. The van der Waals surface area contributed by atoms with Crippen molar-refractivity contribution < 1.29 is 9.00 Å².